The van der Waals surface area contributed by atoms with E-state index in [0.717, 1.165) is 22.5 Å². The molecule has 0 saturated heterocycles. The fraction of sp³-hybridized carbons (Fsp3) is 0.333. The second-order valence-corrected chi connectivity index (χ2v) is 3.89. The number of rotatable bonds is 3. The third-order valence-electron chi connectivity index (χ3n) is 2.34. The molecule has 16 heavy (non-hydrogen) atoms. The summed E-state index contributed by atoms with van der Waals surface area (Å²) in [4.78, 5) is 8.72. The van der Waals surface area contributed by atoms with Gasteiger partial charge in [-0.15, -0.1) is 0 Å². The first-order chi connectivity index (χ1) is 7.69. The zero-order valence-corrected chi connectivity index (χ0v) is 9.47. The lowest BCUT2D eigenvalue weighted by atomic mass is 10.2. The molecule has 4 heteroatoms. The second kappa shape index (κ2) is 4.45. The predicted octanol–water partition coefficient (Wildman–Crippen LogP) is 1.53. The Hall–Kier alpha value is -1.68. The summed E-state index contributed by atoms with van der Waals surface area (Å²) in [6.45, 7) is 1.94. The molecule has 2 aromatic rings. The molecule has 2 rings (SSSR count). The Morgan fingerprint density at radius 2 is 2.25 bits per heavy atom. The lowest BCUT2D eigenvalue weighted by Crippen LogP contribution is -2.19. The van der Waals surface area contributed by atoms with Gasteiger partial charge in [0.25, 0.3) is 0 Å². The monoisotopic (exact) mass is 217 g/mol. The zero-order chi connectivity index (χ0) is 11.5. The van der Waals surface area contributed by atoms with Crippen molar-refractivity contribution in [2.75, 3.05) is 7.11 Å². The Kier molecular flexibility index (Phi) is 3.01. The van der Waals surface area contributed by atoms with Crippen LogP contribution in [0.3, 0.4) is 0 Å². The van der Waals surface area contributed by atoms with Crippen molar-refractivity contribution in [2.24, 2.45) is 5.73 Å². The van der Waals surface area contributed by atoms with Crippen molar-refractivity contribution in [2.45, 2.75) is 19.4 Å². The van der Waals surface area contributed by atoms with Crippen LogP contribution < -0.4 is 10.5 Å². The Morgan fingerprint density at radius 1 is 1.44 bits per heavy atom. The van der Waals surface area contributed by atoms with E-state index in [1.165, 1.54) is 0 Å². The molecule has 0 saturated carbocycles. The average molecular weight is 217 g/mol. The molecule has 2 N–H and O–H groups in total. The molecule has 0 bridgehead atoms. The lowest BCUT2D eigenvalue weighted by molar-refractivity contribution is 0.415. The fourth-order valence-corrected chi connectivity index (χ4v) is 1.55. The third kappa shape index (κ3) is 2.28. The fourth-order valence-electron chi connectivity index (χ4n) is 1.55. The van der Waals surface area contributed by atoms with Crippen LogP contribution in [0.2, 0.25) is 0 Å². The topological polar surface area (TPSA) is 61.0 Å². The van der Waals surface area contributed by atoms with E-state index in [1.807, 2.05) is 31.3 Å². The Labute approximate surface area is 94.5 Å². The van der Waals surface area contributed by atoms with Gasteiger partial charge in [0.1, 0.15) is 11.6 Å². The highest BCUT2D eigenvalue weighted by Gasteiger charge is 2.03. The third-order valence-corrected chi connectivity index (χ3v) is 2.34. The van der Waals surface area contributed by atoms with E-state index in [0.29, 0.717) is 6.42 Å². The Balaban J connectivity index is 2.42. The van der Waals surface area contributed by atoms with Crippen molar-refractivity contribution in [3.8, 4) is 5.75 Å². The van der Waals surface area contributed by atoms with Crippen molar-refractivity contribution < 1.29 is 4.74 Å². The summed E-state index contributed by atoms with van der Waals surface area (Å²) in [6, 6.07) is 5.82. The molecule has 0 radical (unpaired) electrons. The highest BCUT2D eigenvalue weighted by Crippen LogP contribution is 2.18. The van der Waals surface area contributed by atoms with E-state index in [1.54, 1.807) is 7.11 Å². The van der Waals surface area contributed by atoms with E-state index < -0.39 is 0 Å². The largest absolute Gasteiger partial charge is 0.497 e. The quantitative estimate of drug-likeness (QED) is 0.847. The maximum atomic E-state index is 5.72. The second-order valence-electron chi connectivity index (χ2n) is 3.89. The Bertz CT molecular complexity index is 497. The molecular weight excluding hydrogens is 202 g/mol. The van der Waals surface area contributed by atoms with Crippen LogP contribution in [0.15, 0.2) is 24.4 Å². The van der Waals surface area contributed by atoms with Gasteiger partial charge in [0.05, 0.1) is 12.6 Å². The number of aromatic nitrogens is 2. The van der Waals surface area contributed by atoms with Crippen LogP contribution in [0.4, 0.5) is 0 Å². The molecule has 0 spiro atoms. The standard InChI is InChI=1S/C12H15N3O/c1-8(13)5-12-14-7-9-3-4-10(16-2)6-11(9)15-12/h3-4,6-8H,5,13H2,1-2H3. The number of ether oxygens (including phenoxy) is 1. The van der Waals surface area contributed by atoms with Crippen molar-refractivity contribution in [1.29, 1.82) is 0 Å². The number of nitrogens with zero attached hydrogens (tertiary/aromatic N) is 2. The van der Waals surface area contributed by atoms with Gasteiger partial charge in [-0.2, -0.15) is 0 Å². The van der Waals surface area contributed by atoms with E-state index in [9.17, 15) is 0 Å². The summed E-state index contributed by atoms with van der Waals surface area (Å²) in [6.07, 6.45) is 2.51. The summed E-state index contributed by atoms with van der Waals surface area (Å²) in [5.41, 5.74) is 6.61. The minimum Gasteiger partial charge on any atom is -0.497 e. The van der Waals surface area contributed by atoms with Gasteiger partial charge in [0.15, 0.2) is 0 Å². The number of hydrogen-bond donors (Lipinski definition) is 1. The summed E-state index contributed by atoms with van der Waals surface area (Å²) in [5.74, 6) is 1.58. The van der Waals surface area contributed by atoms with E-state index in [4.69, 9.17) is 10.5 Å². The highest BCUT2D eigenvalue weighted by atomic mass is 16.5. The minimum atomic E-state index is 0.0723. The van der Waals surface area contributed by atoms with Gasteiger partial charge in [-0.1, -0.05) is 0 Å². The average Bonchev–Trinajstić information content (AvgIpc) is 2.27. The van der Waals surface area contributed by atoms with Crippen molar-refractivity contribution in [3.63, 3.8) is 0 Å². The van der Waals surface area contributed by atoms with Gasteiger partial charge in [0.2, 0.25) is 0 Å². The van der Waals surface area contributed by atoms with Crippen LogP contribution in [-0.2, 0) is 6.42 Å². The van der Waals surface area contributed by atoms with Crippen LogP contribution in [0.25, 0.3) is 10.9 Å². The van der Waals surface area contributed by atoms with Gasteiger partial charge >= 0.3 is 0 Å². The molecule has 84 valence electrons. The smallest absolute Gasteiger partial charge is 0.130 e. The van der Waals surface area contributed by atoms with E-state index >= 15 is 0 Å². The van der Waals surface area contributed by atoms with E-state index in [2.05, 4.69) is 9.97 Å². The maximum Gasteiger partial charge on any atom is 0.130 e. The summed E-state index contributed by atoms with van der Waals surface area (Å²) in [5, 5.41) is 1.01. The number of nitrogens with two attached hydrogens (primary N) is 1. The number of methoxy groups -OCH3 is 1. The molecule has 0 aliphatic rings. The molecule has 4 nitrogen and oxygen atoms in total. The zero-order valence-electron chi connectivity index (χ0n) is 9.47. The predicted molar refractivity (Wildman–Crippen MR) is 63.4 cm³/mol. The first-order valence-corrected chi connectivity index (χ1v) is 5.24. The SMILES string of the molecule is COc1ccc2cnc(CC(C)N)nc2c1. The number of hydrogen-bond acceptors (Lipinski definition) is 4. The molecule has 1 unspecified atom stereocenters. The molecular formula is C12H15N3O. The van der Waals surface area contributed by atoms with Crippen molar-refractivity contribution in [1.82, 2.24) is 9.97 Å². The van der Waals surface area contributed by atoms with Crippen LogP contribution >= 0.6 is 0 Å². The van der Waals surface area contributed by atoms with Crippen LogP contribution in [0.5, 0.6) is 5.75 Å². The minimum absolute atomic E-state index is 0.0723. The van der Waals surface area contributed by atoms with Gasteiger partial charge in [-0.05, 0) is 19.1 Å². The Morgan fingerprint density at radius 3 is 2.94 bits per heavy atom. The molecule has 1 heterocycles. The van der Waals surface area contributed by atoms with Crippen molar-refractivity contribution in [3.05, 3.63) is 30.2 Å². The molecule has 1 aromatic carbocycles. The summed E-state index contributed by atoms with van der Waals surface area (Å²) >= 11 is 0. The van der Waals surface area contributed by atoms with Gasteiger partial charge < -0.3 is 10.5 Å². The number of fused-ring (bicyclic) bond motifs is 1. The molecule has 0 fully saturated rings. The highest BCUT2D eigenvalue weighted by molar-refractivity contribution is 5.79. The first kappa shape index (κ1) is 10.8. The summed E-state index contributed by atoms with van der Waals surface area (Å²) in [7, 11) is 1.64. The van der Waals surface area contributed by atoms with E-state index in [-0.39, 0.29) is 6.04 Å². The lowest BCUT2D eigenvalue weighted by Gasteiger charge is -2.05. The van der Waals surface area contributed by atoms with Gasteiger partial charge in [0, 0.05) is 30.1 Å². The van der Waals surface area contributed by atoms with Crippen LogP contribution in [0.1, 0.15) is 12.7 Å². The van der Waals surface area contributed by atoms with Gasteiger partial charge in [-0.3, -0.25) is 0 Å². The van der Waals surface area contributed by atoms with Gasteiger partial charge in [-0.25, -0.2) is 9.97 Å². The molecule has 0 aliphatic carbocycles. The molecule has 0 amide bonds. The molecule has 1 aromatic heterocycles. The van der Waals surface area contributed by atoms with Crippen LogP contribution in [-0.4, -0.2) is 23.1 Å². The molecule has 0 aliphatic heterocycles. The van der Waals surface area contributed by atoms with Crippen molar-refractivity contribution >= 4 is 10.9 Å². The normalized spacial score (nSPS) is 12.7. The molecule has 1 atom stereocenters. The summed E-state index contributed by atoms with van der Waals surface area (Å²) < 4.78 is 5.16. The number of benzene rings is 1. The maximum absolute atomic E-state index is 5.72. The first-order valence-electron chi connectivity index (χ1n) is 5.24. The van der Waals surface area contributed by atoms with Crippen LogP contribution in [0, 0.1) is 0 Å².